The molecule has 0 saturated carbocycles. The molecule has 1 aliphatic rings. The summed E-state index contributed by atoms with van der Waals surface area (Å²) in [6.07, 6.45) is 0. The first-order valence-corrected chi connectivity index (χ1v) is 8.15. The first kappa shape index (κ1) is 17.6. The molecule has 1 aliphatic carbocycles. The van der Waals surface area contributed by atoms with Crippen molar-refractivity contribution in [1.29, 1.82) is 0 Å². The molecule has 0 radical (unpaired) electrons. The minimum atomic E-state index is -1.42. The zero-order valence-corrected chi connectivity index (χ0v) is 14.0. The summed E-state index contributed by atoms with van der Waals surface area (Å²) >= 11 is 0. The van der Waals surface area contributed by atoms with E-state index < -0.39 is 23.8 Å². The van der Waals surface area contributed by atoms with Crippen LogP contribution in [0.15, 0.2) is 48.5 Å². The van der Waals surface area contributed by atoms with Crippen molar-refractivity contribution in [1.82, 2.24) is 5.32 Å². The average Bonchev–Trinajstić information content (AvgIpc) is 2.93. The molecule has 0 bridgehead atoms. The van der Waals surface area contributed by atoms with Crippen LogP contribution in [-0.4, -0.2) is 37.0 Å². The second kappa shape index (κ2) is 7.37. The van der Waals surface area contributed by atoms with E-state index in [0.717, 1.165) is 22.3 Å². The molecule has 2 amide bonds. The highest BCUT2D eigenvalue weighted by molar-refractivity contribution is 6.01. The Morgan fingerprint density at radius 3 is 2.00 bits per heavy atom. The monoisotopic (exact) mass is 353 g/mol. The van der Waals surface area contributed by atoms with Gasteiger partial charge in [-0.2, -0.15) is 0 Å². The fourth-order valence-corrected chi connectivity index (χ4v) is 3.19. The highest BCUT2D eigenvalue weighted by Crippen LogP contribution is 2.44. The number of primary amides is 2. The van der Waals surface area contributed by atoms with Crippen LogP contribution in [0.2, 0.25) is 0 Å². The van der Waals surface area contributed by atoms with Gasteiger partial charge in [-0.05, 0) is 22.3 Å². The number of amides is 2. The normalized spacial score (nSPS) is 13.5. The molecule has 3 rings (SSSR count). The standard InChI is InChI=1S/C19H19N3O4/c20-16(23)9-22-17(18(21)24)19(25)26-10-15-13-7-3-1-5-11(13)12-6-2-4-8-14(12)15/h1-8,15,17,22H,9-10H2,(H2,20,23)(H2,21,24). The molecule has 7 heteroatoms. The summed E-state index contributed by atoms with van der Waals surface area (Å²) in [5.41, 5.74) is 14.5. The Morgan fingerprint density at radius 2 is 1.50 bits per heavy atom. The van der Waals surface area contributed by atoms with Crippen LogP contribution in [0.3, 0.4) is 0 Å². The summed E-state index contributed by atoms with van der Waals surface area (Å²) < 4.78 is 5.34. The van der Waals surface area contributed by atoms with Crippen molar-refractivity contribution in [3.05, 3.63) is 59.7 Å². The van der Waals surface area contributed by atoms with Crippen LogP contribution < -0.4 is 16.8 Å². The number of hydrogen-bond acceptors (Lipinski definition) is 5. The number of carbonyl (C=O) groups is 3. The Balaban J connectivity index is 1.76. The number of ether oxygens (including phenoxy) is 1. The highest BCUT2D eigenvalue weighted by atomic mass is 16.5. The van der Waals surface area contributed by atoms with E-state index in [2.05, 4.69) is 5.32 Å². The van der Waals surface area contributed by atoms with Crippen molar-refractivity contribution < 1.29 is 19.1 Å². The third-order valence-electron chi connectivity index (χ3n) is 4.36. The van der Waals surface area contributed by atoms with Crippen LogP contribution >= 0.6 is 0 Å². The number of benzene rings is 2. The first-order chi connectivity index (χ1) is 12.5. The molecule has 5 N–H and O–H groups in total. The van der Waals surface area contributed by atoms with E-state index in [1.807, 2.05) is 48.5 Å². The van der Waals surface area contributed by atoms with Gasteiger partial charge in [-0.1, -0.05) is 48.5 Å². The van der Waals surface area contributed by atoms with Gasteiger partial charge in [0.2, 0.25) is 11.8 Å². The molecular formula is C19H19N3O4. The predicted octanol–water partition coefficient (Wildman–Crippen LogP) is 0.271. The summed E-state index contributed by atoms with van der Waals surface area (Å²) in [5, 5.41) is 2.41. The van der Waals surface area contributed by atoms with Gasteiger partial charge in [-0.15, -0.1) is 0 Å². The Morgan fingerprint density at radius 1 is 0.962 bits per heavy atom. The Hall–Kier alpha value is -3.19. The van der Waals surface area contributed by atoms with Crippen LogP contribution in [0.25, 0.3) is 11.1 Å². The largest absolute Gasteiger partial charge is 0.463 e. The summed E-state index contributed by atoms with van der Waals surface area (Å²) in [5.74, 6) is -2.59. The number of nitrogens with one attached hydrogen (secondary N) is 1. The molecule has 2 aromatic rings. The van der Waals surface area contributed by atoms with Crippen molar-refractivity contribution >= 4 is 17.8 Å². The number of hydrogen-bond donors (Lipinski definition) is 3. The van der Waals surface area contributed by atoms with Crippen LogP contribution in [0.5, 0.6) is 0 Å². The lowest BCUT2D eigenvalue weighted by molar-refractivity contribution is -0.149. The predicted molar refractivity (Wildman–Crippen MR) is 94.9 cm³/mol. The van der Waals surface area contributed by atoms with E-state index in [1.54, 1.807) is 0 Å². The minimum absolute atomic E-state index is 0.0644. The molecule has 0 fully saturated rings. The lowest BCUT2D eigenvalue weighted by Gasteiger charge is -2.17. The number of esters is 1. The number of carbonyl (C=O) groups excluding carboxylic acids is 3. The summed E-state index contributed by atoms with van der Waals surface area (Å²) in [6.45, 7) is -0.285. The van der Waals surface area contributed by atoms with E-state index in [1.165, 1.54) is 0 Å². The fraction of sp³-hybridized carbons (Fsp3) is 0.211. The van der Waals surface area contributed by atoms with Gasteiger partial charge in [-0.3, -0.25) is 14.9 Å². The second-order valence-corrected chi connectivity index (χ2v) is 6.04. The summed E-state index contributed by atoms with van der Waals surface area (Å²) in [4.78, 5) is 34.5. The van der Waals surface area contributed by atoms with Gasteiger partial charge >= 0.3 is 5.97 Å². The third kappa shape index (κ3) is 3.43. The molecule has 1 unspecified atom stereocenters. The van der Waals surface area contributed by atoms with Gasteiger partial charge in [0.15, 0.2) is 6.04 Å². The van der Waals surface area contributed by atoms with Crippen molar-refractivity contribution in [3.8, 4) is 11.1 Å². The maximum atomic E-state index is 12.2. The molecule has 26 heavy (non-hydrogen) atoms. The van der Waals surface area contributed by atoms with Crippen molar-refractivity contribution in [2.75, 3.05) is 13.2 Å². The number of fused-ring (bicyclic) bond motifs is 3. The quantitative estimate of drug-likeness (QED) is 0.487. The van der Waals surface area contributed by atoms with Crippen LogP contribution in [0.4, 0.5) is 0 Å². The summed E-state index contributed by atoms with van der Waals surface area (Å²) in [6, 6.07) is 14.4. The van der Waals surface area contributed by atoms with Gasteiger partial charge in [0, 0.05) is 5.92 Å². The Kier molecular flexibility index (Phi) is 4.99. The smallest absolute Gasteiger partial charge is 0.333 e. The number of rotatable bonds is 7. The van der Waals surface area contributed by atoms with E-state index in [4.69, 9.17) is 16.2 Å². The van der Waals surface area contributed by atoms with E-state index >= 15 is 0 Å². The van der Waals surface area contributed by atoms with Gasteiger partial charge in [0.05, 0.1) is 6.54 Å². The minimum Gasteiger partial charge on any atom is -0.463 e. The van der Waals surface area contributed by atoms with Gasteiger partial charge in [-0.25, -0.2) is 4.79 Å². The molecule has 0 aromatic heterocycles. The van der Waals surface area contributed by atoms with Gasteiger partial charge < -0.3 is 16.2 Å². The van der Waals surface area contributed by atoms with E-state index in [0.29, 0.717) is 0 Å². The van der Waals surface area contributed by atoms with Crippen LogP contribution in [0, 0.1) is 0 Å². The van der Waals surface area contributed by atoms with Gasteiger partial charge in [0.1, 0.15) is 6.61 Å². The van der Waals surface area contributed by atoms with Crippen molar-refractivity contribution in [2.24, 2.45) is 11.5 Å². The second-order valence-electron chi connectivity index (χ2n) is 6.04. The van der Waals surface area contributed by atoms with E-state index in [-0.39, 0.29) is 19.1 Å². The Labute approximate surface area is 150 Å². The number of nitrogens with two attached hydrogens (primary N) is 2. The van der Waals surface area contributed by atoms with Crippen LogP contribution in [0.1, 0.15) is 17.0 Å². The first-order valence-electron chi connectivity index (χ1n) is 8.15. The third-order valence-corrected chi connectivity index (χ3v) is 4.36. The molecule has 1 atom stereocenters. The van der Waals surface area contributed by atoms with Crippen molar-refractivity contribution in [3.63, 3.8) is 0 Å². The van der Waals surface area contributed by atoms with E-state index in [9.17, 15) is 14.4 Å². The molecule has 0 aliphatic heterocycles. The SMILES string of the molecule is NC(=O)CNC(C(N)=O)C(=O)OCC1c2ccccc2-c2ccccc21. The molecule has 2 aromatic carbocycles. The maximum Gasteiger partial charge on any atom is 0.333 e. The molecule has 0 spiro atoms. The van der Waals surface area contributed by atoms with Gasteiger partial charge in [0.25, 0.3) is 0 Å². The average molecular weight is 353 g/mol. The Bertz CT molecular complexity index is 820. The lowest BCUT2D eigenvalue weighted by Crippen LogP contribution is -2.50. The maximum absolute atomic E-state index is 12.2. The highest BCUT2D eigenvalue weighted by Gasteiger charge is 2.31. The zero-order valence-electron chi connectivity index (χ0n) is 14.0. The van der Waals surface area contributed by atoms with Crippen molar-refractivity contribution in [2.45, 2.75) is 12.0 Å². The molecule has 134 valence electrons. The summed E-state index contributed by atoms with van der Waals surface area (Å²) in [7, 11) is 0. The lowest BCUT2D eigenvalue weighted by atomic mass is 9.98. The molecule has 0 saturated heterocycles. The topological polar surface area (TPSA) is 125 Å². The molecule has 7 nitrogen and oxygen atoms in total. The molecule has 0 heterocycles. The molecular weight excluding hydrogens is 334 g/mol. The zero-order chi connectivity index (χ0) is 18.7. The van der Waals surface area contributed by atoms with Crippen LogP contribution in [-0.2, 0) is 19.1 Å². The fourth-order valence-electron chi connectivity index (χ4n) is 3.19.